The van der Waals surface area contributed by atoms with Gasteiger partial charge in [0.15, 0.2) is 5.82 Å². The summed E-state index contributed by atoms with van der Waals surface area (Å²) < 4.78 is 49.5. The number of hydrogen-bond donors (Lipinski definition) is 0. The van der Waals surface area contributed by atoms with Crippen molar-refractivity contribution >= 4 is 45.0 Å². The highest BCUT2D eigenvalue weighted by Crippen LogP contribution is 2.42. The zero-order valence-corrected chi connectivity index (χ0v) is 30.7. The van der Waals surface area contributed by atoms with Crippen molar-refractivity contribution in [2.75, 3.05) is 77.1 Å². The number of ether oxygens (including phenoxy) is 3. The van der Waals surface area contributed by atoms with Crippen LogP contribution in [0, 0.1) is 5.82 Å². The number of halogens is 3. The van der Waals surface area contributed by atoms with Gasteiger partial charge in [0.25, 0.3) is 0 Å². The number of amides is 1. The summed E-state index contributed by atoms with van der Waals surface area (Å²) in [6, 6.07) is 11.6. The van der Waals surface area contributed by atoms with Crippen molar-refractivity contribution in [1.29, 1.82) is 0 Å². The molecule has 2 bridgehead atoms. The average Bonchev–Trinajstić information content (AvgIpc) is 3.95. The molecule has 0 unspecified atom stereocenters. The number of hydrogen-bond acceptors (Lipinski definition) is 10. The van der Waals surface area contributed by atoms with Crippen LogP contribution in [-0.2, 0) is 14.3 Å². The fourth-order valence-corrected chi connectivity index (χ4v) is 10.1. The van der Waals surface area contributed by atoms with Crippen LogP contribution in [0.15, 0.2) is 54.7 Å². The average molecular weight is 758 g/mol. The number of morpholine rings is 1. The van der Waals surface area contributed by atoms with Gasteiger partial charge in [-0.05, 0) is 37.3 Å². The first-order valence-corrected chi connectivity index (χ1v) is 19.4. The highest BCUT2D eigenvalue weighted by molar-refractivity contribution is 6.36. The van der Waals surface area contributed by atoms with Gasteiger partial charge in [0.2, 0.25) is 5.91 Å². The van der Waals surface area contributed by atoms with Crippen molar-refractivity contribution in [2.24, 2.45) is 0 Å². The fourth-order valence-electron chi connectivity index (χ4n) is 9.82. The Balaban J connectivity index is 0.983. The number of likely N-dealkylation sites (tertiary alicyclic amines) is 1. The van der Waals surface area contributed by atoms with Crippen molar-refractivity contribution < 1.29 is 27.8 Å². The van der Waals surface area contributed by atoms with Gasteiger partial charge in [-0.1, -0.05) is 48.0 Å². The van der Waals surface area contributed by atoms with Crippen molar-refractivity contribution in [1.82, 2.24) is 29.7 Å². The number of anilines is 1. The van der Waals surface area contributed by atoms with Gasteiger partial charge in [-0.3, -0.25) is 19.6 Å². The molecule has 2 aromatic heterocycles. The molecule has 14 heteroatoms. The Bertz CT molecular complexity index is 2170. The molecule has 8 heterocycles. The van der Waals surface area contributed by atoms with Crippen molar-refractivity contribution in [3.8, 4) is 17.3 Å². The molecule has 1 spiro atoms. The van der Waals surface area contributed by atoms with Gasteiger partial charge in [0, 0.05) is 80.0 Å². The molecule has 0 saturated carbocycles. The number of alkyl halides is 1. The molecule has 2 aromatic carbocycles. The molecule has 10 rings (SSSR count). The monoisotopic (exact) mass is 757 g/mol. The summed E-state index contributed by atoms with van der Waals surface area (Å²) in [4.78, 5) is 36.4. The van der Waals surface area contributed by atoms with Gasteiger partial charge in [-0.2, -0.15) is 9.97 Å². The number of benzene rings is 2. The number of pyridine rings is 1. The van der Waals surface area contributed by atoms with Gasteiger partial charge in [0.1, 0.15) is 35.3 Å². The fraction of sp³-hybridized carbons (Fsp3) is 0.500. The first-order chi connectivity index (χ1) is 26.3. The number of aromatic nitrogens is 3. The summed E-state index contributed by atoms with van der Waals surface area (Å²) in [6.45, 7) is 5.85. The van der Waals surface area contributed by atoms with Gasteiger partial charge in [0.05, 0.1) is 36.8 Å². The van der Waals surface area contributed by atoms with E-state index in [1.165, 1.54) is 0 Å². The van der Waals surface area contributed by atoms with E-state index >= 15 is 4.39 Å². The van der Waals surface area contributed by atoms with Crippen molar-refractivity contribution in [3.63, 3.8) is 0 Å². The maximum absolute atomic E-state index is 17.0. The van der Waals surface area contributed by atoms with Crippen LogP contribution in [0.1, 0.15) is 25.7 Å². The lowest BCUT2D eigenvalue weighted by Crippen LogP contribution is -2.72. The molecule has 6 fully saturated rings. The lowest BCUT2D eigenvalue weighted by Gasteiger charge is -2.55. The van der Waals surface area contributed by atoms with E-state index in [2.05, 4.69) is 24.7 Å². The summed E-state index contributed by atoms with van der Waals surface area (Å²) >= 11 is 6.66. The summed E-state index contributed by atoms with van der Waals surface area (Å²) in [7, 11) is 0. The van der Waals surface area contributed by atoms with Gasteiger partial charge >= 0.3 is 6.01 Å². The second kappa shape index (κ2) is 13.3. The number of carbonyl (C=O) groups is 1. The minimum atomic E-state index is -0.916. The Hall–Kier alpha value is -4.01. The highest BCUT2D eigenvalue weighted by atomic mass is 35.5. The molecule has 11 nitrogen and oxygen atoms in total. The molecule has 1 amide bonds. The largest absolute Gasteiger partial charge is 0.461 e. The van der Waals surface area contributed by atoms with Crippen LogP contribution < -0.4 is 9.64 Å². The van der Waals surface area contributed by atoms with Gasteiger partial charge in [-0.25, -0.2) is 8.78 Å². The minimum Gasteiger partial charge on any atom is -0.461 e. The van der Waals surface area contributed by atoms with E-state index in [0.717, 1.165) is 44.3 Å². The van der Waals surface area contributed by atoms with Gasteiger partial charge < -0.3 is 24.0 Å². The van der Waals surface area contributed by atoms with Crippen LogP contribution in [-0.4, -0.2) is 137 Å². The molecule has 282 valence electrons. The van der Waals surface area contributed by atoms with Gasteiger partial charge in [-0.15, -0.1) is 0 Å². The van der Waals surface area contributed by atoms with E-state index in [9.17, 15) is 9.18 Å². The zero-order valence-electron chi connectivity index (χ0n) is 29.9. The molecule has 6 aliphatic heterocycles. The molecule has 6 saturated heterocycles. The van der Waals surface area contributed by atoms with Crippen molar-refractivity contribution in [2.45, 2.75) is 55.1 Å². The normalized spacial score (nSPS) is 27.9. The van der Waals surface area contributed by atoms with E-state index in [4.69, 9.17) is 30.8 Å². The molecular weight excluding hydrogens is 716 g/mol. The predicted molar refractivity (Wildman–Crippen MR) is 200 cm³/mol. The second-order valence-electron chi connectivity index (χ2n) is 15.9. The van der Waals surface area contributed by atoms with E-state index in [1.54, 1.807) is 24.4 Å². The van der Waals surface area contributed by atoms with Crippen LogP contribution >= 0.6 is 11.6 Å². The summed E-state index contributed by atoms with van der Waals surface area (Å²) in [5.74, 6) is -0.193. The molecule has 4 aromatic rings. The quantitative estimate of drug-likeness (QED) is 0.228. The smallest absolute Gasteiger partial charge is 0.319 e. The number of carbonyl (C=O) groups excluding carboxylic acids is 1. The van der Waals surface area contributed by atoms with E-state index in [-0.39, 0.29) is 29.7 Å². The Morgan fingerprint density at radius 1 is 1.11 bits per heavy atom. The topological polar surface area (TPSA) is 96.4 Å². The number of piperazine rings is 1. The molecule has 0 radical (unpaired) electrons. The number of nitrogens with zero attached hydrogens (tertiary/aromatic N) is 7. The summed E-state index contributed by atoms with van der Waals surface area (Å²) in [5, 5.41) is 2.49. The summed E-state index contributed by atoms with van der Waals surface area (Å²) in [5.41, 5.74) is -0.270. The third-order valence-electron chi connectivity index (χ3n) is 12.6. The third kappa shape index (κ3) is 5.73. The van der Waals surface area contributed by atoms with E-state index in [1.807, 2.05) is 35.2 Å². The first-order valence-electron chi connectivity index (χ1n) is 19.0. The molecule has 4 atom stereocenters. The Kier molecular flexibility index (Phi) is 8.51. The zero-order chi connectivity index (χ0) is 36.6. The molecule has 0 N–H and O–H groups in total. The lowest BCUT2D eigenvalue weighted by atomic mass is 9.91. The molecule has 6 aliphatic rings. The number of fused-ring (bicyclic) bond motifs is 5. The Morgan fingerprint density at radius 2 is 1.98 bits per heavy atom. The van der Waals surface area contributed by atoms with Crippen LogP contribution in [0.2, 0.25) is 5.02 Å². The van der Waals surface area contributed by atoms with Crippen LogP contribution in [0.5, 0.6) is 6.01 Å². The summed E-state index contributed by atoms with van der Waals surface area (Å²) in [6.07, 6.45) is 7.88. The lowest BCUT2D eigenvalue weighted by molar-refractivity contribution is -0.164. The second-order valence-corrected chi connectivity index (χ2v) is 16.3. The maximum atomic E-state index is 17.0. The van der Waals surface area contributed by atoms with Crippen molar-refractivity contribution in [3.05, 3.63) is 65.6 Å². The third-order valence-corrected chi connectivity index (χ3v) is 12.9. The molecule has 0 aliphatic carbocycles. The number of rotatable bonds is 8. The maximum Gasteiger partial charge on any atom is 0.319 e. The minimum absolute atomic E-state index is 0.0226. The standard InChI is InChI=1S/C40H42ClF2N7O4/c41-31-8-2-6-25-5-1-7-29(33(25)31)35-34(43)36-30(17-44-35)37(46-38(45-36)54-24-39-10-4-12-49(39)18-26(42)16-39)48-13-14-50(40(21-48)22-52-23-40)32(51)9-3-11-47-19-28-15-27(47)20-53-28/h1-3,5-9,17,26-28H,4,10-16,18-24H2/b9-3+/t26-,27-,28-,39+/m1/s1. The SMILES string of the molecule is O=C(/C=C/CN1C[C@H]2C[C@@H]1CO2)N1CCN(c2nc(OC[C@@]34CCCN3C[C@H](F)C4)nc3c(F)c(-c4cccc5cccc(Cl)c45)ncc23)CC12COC2. The molecular formula is C40H42ClF2N7O4. The highest BCUT2D eigenvalue weighted by Gasteiger charge is 2.51. The first kappa shape index (κ1) is 34.5. The Morgan fingerprint density at radius 3 is 2.78 bits per heavy atom. The van der Waals surface area contributed by atoms with E-state index in [0.29, 0.717) is 91.7 Å². The van der Waals surface area contributed by atoms with E-state index < -0.39 is 23.1 Å². The Labute approximate surface area is 316 Å². The predicted octanol–water partition coefficient (Wildman–Crippen LogP) is 5.04. The van der Waals surface area contributed by atoms with Crippen LogP contribution in [0.4, 0.5) is 14.6 Å². The van der Waals surface area contributed by atoms with Crippen LogP contribution in [0.25, 0.3) is 32.9 Å². The molecule has 54 heavy (non-hydrogen) atoms. The van der Waals surface area contributed by atoms with Crippen LogP contribution in [0.3, 0.4) is 0 Å².